The summed E-state index contributed by atoms with van der Waals surface area (Å²) < 4.78 is 0. The van der Waals surface area contributed by atoms with Crippen LogP contribution in [0.25, 0.3) is 0 Å². The van der Waals surface area contributed by atoms with Crippen LogP contribution in [0.1, 0.15) is 20.3 Å². The molecule has 1 rings (SSSR count). The van der Waals surface area contributed by atoms with Crippen molar-refractivity contribution in [1.82, 2.24) is 10.2 Å². The molecule has 1 fully saturated rings. The van der Waals surface area contributed by atoms with Gasteiger partial charge < -0.3 is 10.2 Å². The van der Waals surface area contributed by atoms with Crippen LogP contribution in [0.4, 0.5) is 0 Å². The smallest absolute Gasteiger partial charge is 0.245 e. The highest BCUT2D eigenvalue weighted by Gasteiger charge is 2.31. The quantitative estimate of drug-likeness (QED) is 0.590. The Bertz CT molecular complexity index is 349. The van der Waals surface area contributed by atoms with Crippen molar-refractivity contribution in [3.63, 3.8) is 0 Å². The molecule has 0 saturated carbocycles. The van der Waals surface area contributed by atoms with Crippen LogP contribution in [-0.2, 0) is 9.59 Å². The molecule has 1 aliphatic heterocycles. The second-order valence-corrected chi connectivity index (χ2v) is 5.73. The number of nitrogens with zero attached hydrogens (tertiary/aromatic N) is 1. The van der Waals surface area contributed by atoms with E-state index in [0.717, 1.165) is 5.75 Å². The minimum Gasteiger partial charge on any atom is -0.344 e. The van der Waals surface area contributed by atoms with Crippen molar-refractivity contribution in [3.8, 4) is 12.3 Å². The zero-order chi connectivity index (χ0) is 13.5. The maximum absolute atomic E-state index is 12.3. The van der Waals surface area contributed by atoms with Gasteiger partial charge in [0.2, 0.25) is 11.8 Å². The molecule has 0 bridgehead atoms. The maximum atomic E-state index is 12.3. The van der Waals surface area contributed by atoms with E-state index in [1.165, 1.54) is 0 Å². The van der Waals surface area contributed by atoms with E-state index in [9.17, 15) is 9.59 Å². The van der Waals surface area contributed by atoms with E-state index >= 15 is 0 Å². The van der Waals surface area contributed by atoms with Gasteiger partial charge in [-0.15, -0.1) is 18.2 Å². The first-order chi connectivity index (χ1) is 8.56. The number of amides is 2. The highest BCUT2D eigenvalue weighted by Crippen LogP contribution is 2.12. The minimum absolute atomic E-state index is 0.0251. The summed E-state index contributed by atoms with van der Waals surface area (Å²) in [5, 5.41) is 2.79. The van der Waals surface area contributed by atoms with Crippen LogP contribution in [-0.4, -0.2) is 47.4 Å². The largest absolute Gasteiger partial charge is 0.344 e. The van der Waals surface area contributed by atoms with Crippen LogP contribution >= 0.6 is 11.8 Å². The minimum atomic E-state index is -0.391. The molecule has 0 aliphatic carbocycles. The topological polar surface area (TPSA) is 49.4 Å². The molecule has 0 aromatic heterocycles. The lowest BCUT2D eigenvalue weighted by Crippen LogP contribution is -2.48. The highest BCUT2D eigenvalue weighted by atomic mass is 32.2. The summed E-state index contributed by atoms with van der Waals surface area (Å²) in [5.41, 5.74) is 0. The molecule has 1 atom stereocenters. The number of thioether (sulfide) groups is 1. The lowest BCUT2D eigenvalue weighted by Gasteiger charge is -2.25. The molecule has 18 heavy (non-hydrogen) atoms. The molecule has 0 aromatic carbocycles. The Morgan fingerprint density at radius 2 is 2.28 bits per heavy atom. The lowest BCUT2D eigenvalue weighted by atomic mass is 10.0. The van der Waals surface area contributed by atoms with Gasteiger partial charge in [-0.1, -0.05) is 19.8 Å². The number of carbonyl (C=O) groups excluding carboxylic acids is 2. The fourth-order valence-electron chi connectivity index (χ4n) is 1.83. The first kappa shape index (κ1) is 14.9. The normalized spacial score (nSPS) is 20.6. The van der Waals surface area contributed by atoms with Crippen LogP contribution in [0.3, 0.4) is 0 Å². The highest BCUT2D eigenvalue weighted by molar-refractivity contribution is 7.99. The standard InChI is InChI=1S/C13H20N2O2S/c1-4-8-18-9-7-15-6-5-11(16)14-12(10(2)3)13(15)17/h1,10,12H,5-9H2,2-3H3,(H,14,16). The number of hydrogen-bond acceptors (Lipinski definition) is 3. The van der Waals surface area contributed by atoms with Gasteiger partial charge in [0.25, 0.3) is 0 Å². The summed E-state index contributed by atoms with van der Waals surface area (Å²) in [6, 6.07) is -0.391. The summed E-state index contributed by atoms with van der Waals surface area (Å²) in [5.74, 6) is 4.13. The average molecular weight is 268 g/mol. The number of hydrogen-bond donors (Lipinski definition) is 1. The monoisotopic (exact) mass is 268 g/mol. The van der Waals surface area contributed by atoms with Gasteiger partial charge >= 0.3 is 0 Å². The molecule has 0 radical (unpaired) electrons. The van der Waals surface area contributed by atoms with E-state index in [0.29, 0.717) is 25.3 Å². The SMILES string of the molecule is C#CCSCCN1CCC(=O)NC(C(C)C)C1=O. The van der Waals surface area contributed by atoms with Crippen LogP contribution in [0, 0.1) is 18.3 Å². The fourth-order valence-corrected chi connectivity index (χ4v) is 2.44. The number of terminal acetylenes is 1. The molecule has 1 saturated heterocycles. The molecule has 1 heterocycles. The Labute approximate surface area is 113 Å². The maximum Gasteiger partial charge on any atom is 0.245 e. The molecule has 0 aromatic rings. The van der Waals surface area contributed by atoms with Crippen molar-refractivity contribution in [3.05, 3.63) is 0 Å². The third-order valence-electron chi connectivity index (χ3n) is 2.86. The Kier molecular flexibility index (Phi) is 6.06. The van der Waals surface area contributed by atoms with Gasteiger partial charge in [-0.05, 0) is 5.92 Å². The Hall–Kier alpha value is -1.15. The number of rotatable bonds is 5. The van der Waals surface area contributed by atoms with E-state index < -0.39 is 6.04 Å². The molecule has 4 nitrogen and oxygen atoms in total. The molecule has 0 spiro atoms. The van der Waals surface area contributed by atoms with Gasteiger partial charge in [-0.2, -0.15) is 0 Å². The van der Waals surface area contributed by atoms with E-state index in [2.05, 4.69) is 11.2 Å². The zero-order valence-corrected chi connectivity index (χ0v) is 11.8. The van der Waals surface area contributed by atoms with Crippen molar-refractivity contribution in [1.29, 1.82) is 0 Å². The molecule has 2 amide bonds. The Morgan fingerprint density at radius 1 is 1.56 bits per heavy atom. The summed E-state index contributed by atoms with van der Waals surface area (Å²) in [7, 11) is 0. The molecule has 5 heteroatoms. The first-order valence-electron chi connectivity index (χ1n) is 6.15. The first-order valence-corrected chi connectivity index (χ1v) is 7.31. The van der Waals surface area contributed by atoms with E-state index in [-0.39, 0.29) is 17.7 Å². The van der Waals surface area contributed by atoms with Gasteiger partial charge in [-0.3, -0.25) is 9.59 Å². The van der Waals surface area contributed by atoms with Crippen LogP contribution in [0.15, 0.2) is 0 Å². The second-order valence-electron chi connectivity index (χ2n) is 4.62. The van der Waals surface area contributed by atoms with Gasteiger partial charge in [0.1, 0.15) is 6.04 Å². The summed E-state index contributed by atoms with van der Waals surface area (Å²) >= 11 is 1.63. The summed E-state index contributed by atoms with van der Waals surface area (Å²) in [6.45, 7) is 5.05. The Balaban J connectivity index is 2.58. The number of carbonyl (C=O) groups is 2. The third kappa shape index (κ3) is 4.26. The average Bonchev–Trinajstić information content (AvgIpc) is 2.46. The molecule has 1 aliphatic rings. The molecule has 1 N–H and O–H groups in total. The van der Waals surface area contributed by atoms with Crippen molar-refractivity contribution in [2.24, 2.45) is 5.92 Å². The van der Waals surface area contributed by atoms with Gasteiger partial charge in [0, 0.05) is 25.3 Å². The molecule has 100 valence electrons. The fraction of sp³-hybridized carbons (Fsp3) is 0.692. The van der Waals surface area contributed by atoms with Crippen LogP contribution in [0.2, 0.25) is 0 Å². The van der Waals surface area contributed by atoms with Crippen molar-refractivity contribution in [2.45, 2.75) is 26.3 Å². The van der Waals surface area contributed by atoms with Crippen molar-refractivity contribution >= 4 is 23.6 Å². The summed E-state index contributed by atoms with van der Waals surface area (Å²) in [4.78, 5) is 25.6. The predicted molar refractivity (Wildman–Crippen MR) is 74.1 cm³/mol. The van der Waals surface area contributed by atoms with Crippen molar-refractivity contribution < 1.29 is 9.59 Å². The van der Waals surface area contributed by atoms with Crippen LogP contribution in [0.5, 0.6) is 0 Å². The predicted octanol–water partition coefficient (Wildman–Crippen LogP) is 0.726. The molecular weight excluding hydrogens is 248 g/mol. The van der Waals surface area contributed by atoms with E-state index in [4.69, 9.17) is 6.42 Å². The summed E-state index contributed by atoms with van der Waals surface area (Å²) in [6.07, 6.45) is 5.56. The van der Waals surface area contributed by atoms with Crippen molar-refractivity contribution in [2.75, 3.05) is 24.6 Å². The van der Waals surface area contributed by atoms with E-state index in [1.807, 2.05) is 13.8 Å². The molecule has 1 unspecified atom stereocenters. The lowest BCUT2D eigenvalue weighted by molar-refractivity contribution is -0.134. The Morgan fingerprint density at radius 3 is 2.89 bits per heavy atom. The molecular formula is C13H20N2O2S. The second kappa shape index (κ2) is 7.32. The zero-order valence-electron chi connectivity index (χ0n) is 10.9. The van der Waals surface area contributed by atoms with Crippen LogP contribution < -0.4 is 5.32 Å². The third-order valence-corrected chi connectivity index (χ3v) is 3.70. The number of nitrogens with one attached hydrogen (secondary N) is 1. The van der Waals surface area contributed by atoms with E-state index in [1.54, 1.807) is 16.7 Å². The van der Waals surface area contributed by atoms with Gasteiger partial charge in [0.15, 0.2) is 0 Å². The van der Waals surface area contributed by atoms with Gasteiger partial charge in [0.05, 0.1) is 5.75 Å². The van der Waals surface area contributed by atoms with Gasteiger partial charge in [-0.25, -0.2) is 0 Å².